The molecule has 1 aromatic heterocycles. The third-order valence-corrected chi connectivity index (χ3v) is 3.18. The van der Waals surface area contributed by atoms with Gasteiger partial charge in [-0.05, 0) is 31.7 Å². The van der Waals surface area contributed by atoms with Gasteiger partial charge in [-0.1, -0.05) is 6.42 Å². The molecule has 0 unspecified atom stereocenters. The van der Waals surface area contributed by atoms with E-state index in [1.165, 1.54) is 25.3 Å². The third-order valence-electron chi connectivity index (χ3n) is 3.18. The second-order valence-electron chi connectivity index (χ2n) is 4.56. The number of alkyl halides is 2. The fourth-order valence-electron chi connectivity index (χ4n) is 1.99. The fourth-order valence-corrected chi connectivity index (χ4v) is 1.99. The maximum Gasteiger partial charge on any atom is 0.282 e. The Labute approximate surface area is 93.6 Å². The van der Waals surface area contributed by atoms with Gasteiger partial charge in [-0.15, -0.1) is 0 Å². The zero-order valence-electron chi connectivity index (χ0n) is 9.37. The van der Waals surface area contributed by atoms with Crippen LogP contribution in [0, 0.1) is 5.92 Å². The predicted octanol–water partition coefficient (Wildman–Crippen LogP) is 2.64. The highest BCUT2D eigenvalue weighted by Gasteiger charge is 2.22. The van der Waals surface area contributed by atoms with Crippen LogP contribution >= 0.6 is 0 Å². The molecule has 1 atom stereocenters. The van der Waals surface area contributed by atoms with E-state index in [4.69, 9.17) is 5.73 Å². The van der Waals surface area contributed by atoms with E-state index in [0.29, 0.717) is 11.6 Å². The molecule has 1 aromatic rings. The second-order valence-corrected chi connectivity index (χ2v) is 4.56. The zero-order chi connectivity index (χ0) is 11.7. The minimum absolute atomic E-state index is 0.161. The smallest absolute Gasteiger partial charge is 0.282 e. The second kappa shape index (κ2) is 4.49. The van der Waals surface area contributed by atoms with E-state index in [-0.39, 0.29) is 11.7 Å². The Morgan fingerprint density at radius 3 is 2.69 bits per heavy atom. The molecule has 2 N–H and O–H groups in total. The summed E-state index contributed by atoms with van der Waals surface area (Å²) in [6.07, 6.45) is 1.06. The van der Waals surface area contributed by atoms with Crippen LogP contribution in [-0.4, -0.2) is 9.78 Å². The first-order chi connectivity index (χ1) is 7.58. The molecule has 1 aliphatic rings. The molecule has 1 fully saturated rings. The van der Waals surface area contributed by atoms with E-state index in [1.54, 1.807) is 11.6 Å². The number of nitrogens with two attached hydrogens (primary N) is 1. The summed E-state index contributed by atoms with van der Waals surface area (Å²) in [5.74, 6) is 0.586. The quantitative estimate of drug-likeness (QED) is 0.862. The minimum atomic E-state index is -2.51. The summed E-state index contributed by atoms with van der Waals surface area (Å²) >= 11 is 0. The van der Waals surface area contributed by atoms with E-state index in [1.807, 2.05) is 0 Å². The van der Waals surface area contributed by atoms with Crippen molar-refractivity contribution in [3.63, 3.8) is 0 Å². The summed E-state index contributed by atoms with van der Waals surface area (Å²) in [5.41, 5.74) is 6.31. The molecule has 1 heterocycles. The molecule has 3 nitrogen and oxygen atoms in total. The Kier molecular flexibility index (Phi) is 3.23. The van der Waals surface area contributed by atoms with Crippen molar-refractivity contribution in [1.82, 2.24) is 9.78 Å². The summed E-state index contributed by atoms with van der Waals surface area (Å²) in [7, 11) is 0. The van der Waals surface area contributed by atoms with Gasteiger partial charge in [0, 0.05) is 12.6 Å². The average molecular weight is 229 g/mol. The largest absolute Gasteiger partial charge is 0.323 e. The summed E-state index contributed by atoms with van der Waals surface area (Å²) in [6.45, 7) is 2.52. The Morgan fingerprint density at radius 2 is 2.25 bits per heavy atom. The Hall–Kier alpha value is -0.970. The number of aromatic nitrogens is 2. The molecule has 0 bridgehead atoms. The van der Waals surface area contributed by atoms with Crippen LogP contribution in [0.2, 0.25) is 0 Å². The maximum absolute atomic E-state index is 12.5. The number of halogens is 2. The van der Waals surface area contributed by atoms with Gasteiger partial charge in [0.2, 0.25) is 0 Å². The molecule has 0 aromatic carbocycles. The van der Waals surface area contributed by atoms with Gasteiger partial charge in [-0.25, -0.2) is 8.78 Å². The number of nitrogens with zero attached hydrogens (tertiary/aromatic N) is 2. The first kappa shape index (κ1) is 11.5. The summed E-state index contributed by atoms with van der Waals surface area (Å²) in [4.78, 5) is 0. The van der Waals surface area contributed by atoms with E-state index >= 15 is 0 Å². The van der Waals surface area contributed by atoms with E-state index in [0.717, 1.165) is 6.54 Å². The van der Waals surface area contributed by atoms with Crippen LogP contribution in [0.4, 0.5) is 8.78 Å². The van der Waals surface area contributed by atoms with Crippen molar-refractivity contribution < 1.29 is 8.78 Å². The van der Waals surface area contributed by atoms with Crippen LogP contribution in [0.5, 0.6) is 0 Å². The molecular weight excluding hydrogens is 212 g/mol. The lowest BCUT2D eigenvalue weighted by molar-refractivity contribution is 0.144. The van der Waals surface area contributed by atoms with E-state index in [2.05, 4.69) is 5.10 Å². The molecule has 1 saturated carbocycles. The Balaban J connectivity index is 2.18. The first-order valence-electron chi connectivity index (χ1n) is 5.69. The van der Waals surface area contributed by atoms with E-state index < -0.39 is 6.43 Å². The van der Waals surface area contributed by atoms with Crippen molar-refractivity contribution in [2.75, 3.05) is 0 Å². The topological polar surface area (TPSA) is 43.8 Å². The van der Waals surface area contributed by atoms with Gasteiger partial charge in [-0.3, -0.25) is 4.68 Å². The van der Waals surface area contributed by atoms with Crippen LogP contribution in [-0.2, 0) is 6.54 Å². The summed E-state index contributed by atoms with van der Waals surface area (Å²) < 4.78 is 26.7. The van der Waals surface area contributed by atoms with Crippen molar-refractivity contribution in [2.24, 2.45) is 11.7 Å². The van der Waals surface area contributed by atoms with Crippen LogP contribution in [0.25, 0.3) is 0 Å². The van der Waals surface area contributed by atoms with Crippen LogP contribution in [0.1, 0.15) is 50.0 Å². The lowest BCUT2D eigenvalue weighted by atomic mass is 9.85. The average Bonchev–Trinajstić information content (AvgIpc) is 2.55. The van der Waals surface area contributed by atoms with Gasteiger partial charge in [0.25, 0.3) is 6.43 Å². The summed E-state index contributed by atoms with van der Waals surface area (Å²) in [5, 5.41) is 3.94. The SMILES string of the molecule is C[C@@H](N)c1cc(C(F)F)nn1CC1CCC1. The van der Waals surface area contributed by atoms with Crippen molar-refractivity contribution in [3.05, 3.63) is 17.5 Å². The normalized spacial score (nSPS) is 18.8. The standard InChI is InChI=1S/C11H17F2N3/c1-7(14)10-5-9(11(12)13)15-16(10)6-8-3-2-4-8/h5,7-8,11H,2-4,6,14H2,1H3/t7-/m1/s1. The van der Waals surface area contributed by atoms with Crippen LogP contribution in [0.15, 0.2) is 6.07 Å². The monoisotopic (exact) mass is 229 g/mol. The number of hydrogen-bond acceptors (Lipinski definition) is 2. The van der Waals surface area contributed by atoms with Gasteiger partial charge in [0.1, 0.15) is 5.69 Å². The lowest BCUT2D eigenvalue weighted by Crippen LogP contribution is -2.22. The molecule has 2 rings (SSSR count). The van der Waals surface area contributed by atoms with Crippen molar-refractivity contribution in [3.8, 4) is 0 Å². The Bertz CT molecular complexity index is 356. The minimum Gasteiger partial charge on any atom is -0.323 e. The Morgan fingerprint density at radius 1 is 1.56 bits per heavy atom. The first-order valence-corrected chi connectivity index (χ1v) is 5.69. The zero-order valence-corrected chi connectivity index (χ0v) is 9.37. The number of hydrogen-bond donors (Lipinski definition) is 1. The molecule has 90 valence electrons. The van der Waals surface area contributed by atoms with Gasteiger partial charge in [0.05, 0.1) is 5.69 Å². The highest BCUT2D eigenvalue weighted by Crippen LogP contribution is 2.29. The van der Waals surface area contributed by atoms with Gasteiger partial charge >= 0.3 is 0 Å². The van der Waals surface area contributed by atoms with Crippen LogP contribution in [0.3, 0.4) is 0 Å². The highest BCUT2D eigenvalue weighted by atomic mass is 19.3. The van der Waals surface area contributed by atoms with Gasteiger partial charge in [0.15, 0.2) is 0 Å². The van der Waals surface area contributed by atoms with Crippen molar-refractivity contribution in [1.29, 1.82) is 0 Å². The van der Waals surface area contributed by atoms with E-state index in [9.17, 15) is 8.78 Å². The third kappa shape index (κ3) is 2.24. The molecular formula is C11H17F2N3. The summed E-state index contributed by atoms with van der Waals surface area (Å²) in [6, 6.07) is 1.17. The molecule has 5 heteroatoms. The predicted molar refractivity (Wildman–Crippen MR) is 57.1 cm³/mol. The molecule has 16 heavy (non-hydrogen) atoms. The fraction of sp³-hybridized carbons (Fsp3) is 0.727. The van der Waals surface area contributed by atoms with Crippen molar-refractivity contribution >= 4 is 0 Å². The molecule has 0 amide bonds. The molecule has 0 radical (unpaired) electrons. The van der Waals surface area contributed by atoms with Gasteiger partial charge < -0.3 is 5.73 Å². The molecule has 1 aliphatic carbocycles. The lowest BCUT2D eigenvalue weighted by Gasteiger charge is -2.26. The van der Waals surface area contributed by atoms with Crippen molar-refractivity contribution in [2.45, 2.75) is 45.2 Å². The van der Waals surface area contributed by atoms with Crippen LogP contribution < -0.4 is 5.73 Å². The highest BCUT2D eigenvalue weighted by molar-refractivity contribution is 5.14. The molecule has 0 saturated heterocycles. The number of rotatable bonds is 4. The maximum atomic E-state index is 12.5. The van der Waals surface area contributed by atoms with Gasteiger partial charge in [-0.2, -0.15) is 5.10 Å². The molecule has 0 spiro atoms. The molecule has 0 aliphatic heterocycles.